The van der Waals surface area contributed by atoms with Crippen LogP contribution in [0.2, 0.25) is 0 Å². The molecule has 0 heterocycles. The molecule has 0 bridgehead atoms. The number of hydrogen-bond donors (Lipinski definition) is 0. The van der Waals surface area contributed by atoms with Gasteiger partial charge in [0, 0.05) is 0 Å². The van der Waals surface area contributed by atoms with Gasteiger partial charge in [-0.25, -0.2) is 0 Å². The standard InChI is InChI=1S/C11H12.C8H8/c1-3-7-11-9-6-5-8-10(11)4-2;1-2-8-6-4-3-5-7-8/h3-6,8-9H,1-2,7H2;2-7H,1H2. The summed E-state index contributed by atoms with van der Waals surface area (Å²) in [7, 11) is 0. The summed E-state index contributed by atoms with van der Waals surface area (Å²) in [5, 5.41) is 0. The Kier molecular flexibility index (Phi) is 6.75. The Morgan fingerprint density at radius 1 is 0.737 bits per heavy atom. The number of hydrogen-bond acceptors (Lipinski definition) is 0. The topological polar surface area (TPSA) is 0 Å². The molecule has 0 fully saturated rings. The fourth-order valence-electron chi connectivity index (χ4n) is 1.66. The van der Waals surface area contributed by atoms with Gasteiger partial charge < -0.3 is 0 Å². The number of benzene rings is 2. The number of allylic oxidation sites excluding steroid dienone is 1. The first kappa shape index (κ1) is 14.7. The van der Waals surface area contributed by atoms with Crippen molar-refractivity contribution in [2.75, 3.05) is 0 Å². The summed E-state index contributed by atoms with van der Waals surface area (Å²) in [6, 6.07) is 18.2. The quantitative estimate of drug-likeness (QED) is 0.636. The maximum absolute atomic E-state index is 3.74. The molecule has 0 nitrogen and oxygen atoms in total. The van der Waals surface area contributed by atoms with E-state index in [9.17, 15) is 0 Å². The molecule has 0 atom stereocenters. The van der Waals surface area contributed by atoms with E-state index in [1.807, 2.05) is 60.7 Å². The molecule has 19 heavy (non-hydrogen) atoms. The molecule has 0 aliphatic carbocycles. The van der Waals surface area contributed by atoms with Gasteiger partial charge in [0.2, 0.25) is 0 Å². The zero-order chi connectivity index (χ0) is 13.9. The first-order valence-electron chi connectivity index (χ1n) is 6.30. The summed E-state index contributed by atoms with van der Waals surface area (Å²) in [4.78, 5) is 0. The second-order valence-electron chi connectivity index (χ2n) is 4.01. The molecule has 2 aromatic carbocycles. The summed E-state index contributed by atoms with van der Waals surface area (Å²) in [5.41, 5.74) is 3.66. The summed E-state index contributed by atoms with van der Waals surface area (Å²) in [6.07, 6.45) is 6.53. The highest BCUT2D eigenvalue weighted by Crippen LogP contribution is 2.10. The van der Waals surface area contributed by atoms with Gasteiger partial charge in [-0.2, -0.15) is 0 Å². The molecule has 0 aliphatic rings. The molecular formula is C19H20. The maximum Gasteiger partial charge on any atom is -0.00942 e. The van der Waals surface area contributed by atoms with E-state index in [1.54, 1.807) is 0 Å². The van der Waals surface area contributed by atoms with E-state index < -0.39 is 0 Å². The van der Waals surface area contributed by atoms with E-state index in [2.05, 4.69) is 31.9 Å². The largest absolute Gasteiger partial charge is 0.103 e. The van der Waals surface area contributed by atoms with Crippen LogP contribution in [-0.2, 0) is 6.42 Å². The van der Waals surface area contributed by atoms with E-state index in [1.165, 1.54) is 16.7 Å². The van der Waals surface area contributed by atoms with Crippen LogP contribution >= 0.6 is 0 Å². The maximum atomic E-state index is 3.74. The first-order valence-corrected chi connectivity index (χ1v) is 6.30. The fraction of sp³-hybridized carbons (Fsp3) is 0.0526. The van der Waals surface area contributed by atoms with Gasteiger partial charge in [0.1, 0.15) is 0 Å². The first-order chi connectivity index (χ1) is 9.31. The molecule has 0 aromatic heterocycles. The second kappa shape index (κ2) is 8.71. The highest BCUT2D eigenvalue weighted by molar-refractivity contribution is 5.52. The van der Waals surface area contributed by atoms with Gasteiger partial charge in [-0.05, 0) is 23.1 Å². The van der Waals surface area contributed by atoms with E-state index in [0.717, 1.165) is 6.42 Å². The third-order valence-electron chi connectivity index (χ3n) is 2.67. The van der Waals surface area contributed by atoms with Gasteiger partial charge in [-0.1, -0.05) is 86.0 Å². The van der Waals surface area contributed by atoms with Gasteiger partial charge >= 0.3 is 0 Å². The van der Waals surface area contributed by atoms with Crippen molar-refractivity contribution in [3.8, 4) is 0 Å². The molecule has 0 radical (unpaired) electrons. The Bertz CT molecular complexity index is 521. The van der Waals surface area contributed by atoms with Crippen LogP contribution in [-0.4, -0.2) is 0 Å². The molecule has 0 heteroatoms. The SMILES string of the molecule is C=CCc1ccccc1C=C.C=Cc1ccccc1. The Labute approximate surface area is 116 Å². The van der Waals surface area contributed by atoms with Crippen molar-refractivity contribution in [1.29, 1.82) is 0 Å². The van der Waals surface area contributed by atoms with E-state index in [-0.39, 0.29) is 0 Å². The lowest BCUT2D eigenvalue weighted by Gasteiger charge is -2.00. The Hall–Kier alpha value is -2.34. The molecule has 0 spiro atoms. The molecule has 0 saturated carbocycles. The van der Waals surface area contributed by atoms with E-state index in [4.69, 9.17) is 0 Å². The third kappa shape index (κ3) is 5.22. The van der Waals surface area contributed by atoms with Crippen LogP contribution in [0, 0.1) is 0 Å². The van der Waals surface area contributed by atoms with Gasteiger partial charge in [-0.15, -0.1) is 6.58 Å². The summed E-state index contributed by atoms with van der Waals surface area (Å²) in [6.45, 7) is 11.1. The molecule has 0 amide bonds. The van der Waals surface area contributed by atoms with Crippen molar-refractivity contribution in [1.82, 2.24) is 0 Å². The lowest BCUT2D eigenvalue weighted by atomic mass is 10.1. The molecule has 0 aliphatic heterocycles. The molecule has 96 valence electrons. The van der Waals surface area contributed by atoms with E-state index in [0.29, 0.717) is 0 Å². The van der Waals surface area contributed by atoms with Crippen LogP contribution in [0.5, 0.6) is 0 Å². The molecule has 0 saturated heterocycles. The summed E-state index contributed by atoms with van der Waals surface area (Å²) >= 11 is 0. The van der Waals surface area contributed by atoms with Crippen molar-refractivity contribution < 1.29 is 0 Å². The van der Waals surface area contributed by atoms with Gasteiger partial charge in [0.15, 0.2) is 0 Å². The van der Waals surface area contributed by atoms with Crippen LogP contribution < -0.4 is 0 Å². The van der Waals surface area contributed by atoms with Crippen molar-refractivity contribution in [3.63, 3.8) is 0 Å². The van der Waals surface area contributed by atoms with Crippen LogP contribution in [0.3, 0.4) is 0 Å². The molecule has 2 aromatic rings. The van der Waals surface area contributed by atoms with Crippen LogP contribution in [0.15, 0.2) is 80.4 Å². The predicted molar refractivity (Wildman–Crippen MR) is 87.0 cm³/mol. The zero-order valence-corrected chi connectivity index (χ0v) is 11.3. The molecule has 2 rings (SSSR count). The average molecular weight is 248 g/mol. The highest BCUT2D eigenvalue weighted by Gasteiger charge is 1.93. The molecule has 0 unspecified atom stereocenters. The average Bonchev–Trinajstić information content (AvgIpc) is 2.49. The van der Waals surface area contributed by atoms with Gasteiger partial charge in [0.05, 0.1) is 0 Å². The normalized spacial score (nSPS) is 8.84. The van der Waals surface area contributed by atoms with Crippen LogP contribution in [0.4, 0.5) is 0 Å². The summed E-state index contributed by atoms with van der Waals surface area (Å²) < 4.78 is 0. The van der Waals surface area contributed by atoms with Crippen molar-refractivity contribution in [3.05, 3.63) is 97.1 Å². The molecule has 0 N–H and O–H groups in total. The Morgan fingerprint density at radius 3 is 1.89 bits per heavy atom. The lowest BCUT2D eigenvalue weighted by Crippen LogP contribution is -1.84. The zero-order valence-electron chi connectivity index (χ0n) is 11.3. The monoisotopic (exact) mass is 248 g/mol. The minimum Gasteiger partial charge on any atom is -0.103 e. The lowest BCUT2D eigenvalue weighted by molar-refractivity contribution is 1.26. The van der Waals surface area contributed by atoms with Crippen LogP contribution in [0.25, 0.3) is 12.2 Å². The minimum atomic E-state index is 0.919. The van der Waals surface area contributed by atoms with Crippen LogP contribution in [0.1, 0.15) is 16.7 Å². The van der Waals surface area contributed by atoms with Crippen molar-refractivity contribution >= 4 is 12.2 Å². The van der Waals surface area contributed by atoms with Crippen molar-refractivity contribution in [2.45, 2.75) is 6.42 Å². The molecular weight excluding hydrogens is 228 g/mol. The summed E-state index contributed by atoms with van der Waals surface area (Å²) in [5.74, 6) is 0. The Balaban J connectivity index is 0.000000200. The minimum absolute atomic E-state index is 0.919. The second-order valence-corrected chi connectivity index (χ2v) is 4.01. The van der Waals surface area contributed by atoms with Crippen molar-refractivity contribution in [2.24, 2.45) is 0 Å². The third-order valence-corrected chi connectivity index (χ3v) is 2.67. The number of rotatable bonds is 4. The smallest absolute Gasteiger partial charge is 0.00942 e. The van der Waals surface area contributed by atoms with Gasteiger partial charge in [-0.3, -0.25) is 0 Å². The van der Waals surface area contributed by atoms with Gasteiger partial charge in [0.25, 0.3) is 0 Å². The Morgan fingerprint density at radius 2 is 1.37 bits per heavy atom. The van der Waals surface area contributed by atoms with E-state index >= 15 is 0 Å². The predicted octanol–water partition coefficient (Wildman–Crippen LogP) is 5.39. The fourth-order valence-corrected chi connectivity index (χ4v) is 1.66. The highest BCUT2D eigenvalue weighted by atomic mass is 14.0.